The molecular formula is C5H18N6. The molecule has 6 nitrogen and oxygen atoms in total. The minimum absolute atomic E-state index is 0.0926. The van der Waals surface area contributed by atoms with Crippen molar-refractivity contribution in [2.45, 2.75) is 12.8 Å². The van der Waals surface area contributed by atoms with Gasteiger partial charge in [-0.25, -0.2) is 0 Å². The van der Waals surface area contributed by atoms with E-state index in [1.807, 2.05) is 0 Å². The lowest BCUT2D eigenvalue weighted by Gasteiger charge is -1.87. The first-order chi connectivity index (χ1) is 5.18. The number of hydrazone groups is 1. The van der Waals surface area contributed by atoms with E-state index >= 15 is 0 Å². The highest BCUT2D eigenvalue weighted by atomic mass is 15.2. The average Bonchev–Trinajstić information content (AvgIpc) is 2.02. The highest BCUT2D eigenvalue weighted by Gasteiger charge is 1.75. The van der Waals surface area contributed by atoms with Gasteiger partial charge in [0.25, 0.3) is 0 Å². The molecule has 0 spiro atoms. The van der Waals surface area contributed by atoms with Crippen molar-refractivity contribution >= 4 is 5.96 Å². The summed E-state index contributed by atoms with van der Waals surface area (Å²) in [4.78, 5) is 0. The minimum atomic E-state index is -0.0926. The Kier molecular flexibility index (Phi) is 13.5. The van der Waals surface area contributed by atoms with Gasteiger partial charge in [0.1, 0.15) is 0 Å². The molecule has 0 aliphatic rings. The number of hydrogen-bond acceptors (Lipinski definition) is 4. The van der Waals surface area contributed by atoms with E-state index < -0.39 is 0 Å². The van der Waals surface area contributed by atoms with Crippen LogP contribution >= 0.6 is 0 Å². The summed E-state index contributed by atoms with van der Waals surface area (Å²) in [6.07, 6.45) is 2.13. The number of nitrogens with two attached hydrogens (primary N) is 5. The number of rotatable bonds is 3. The Morgan fingerprint density at radius 1 is 1.00 bits per heavy atom. The maximum Gasteiger partial charge on any atom is 0.208 e. The van der Waals surface area contributed by atoms with Crippen LogP contribution in [0.2, 0.25) is 0 Å². The number of unbranched alkanes of at least 4 members (excludes halogenated alkanes) is 1. The predicted molar refractivity (Wildman–Crippen MR) is 47.3 cm³/mol. The van der Waals surface area contributed by atoms with Gasteiger partial charge < -0.3 is 28.8 Å². The van der Waals surface area contributed by atoms with Gasteiger partial charge in [-0.05, 0) is 25.9 Å². The molecule has 0 aliphatic heterocycles. The lowest BCUT2D eigenvalue weighted by Crippen LogP contribution is -2.23. The van der Waals surface area contributed by atoms with Crippen LogP contribution in [0.15, 0.2) is 5.10 Å². The lowest BCUT2D eigenvalue weighted by molar-refractivity contribution is 0.755. The van der Waals surface area contributed by atoms with E-state index in [1.165, 1.54) is 0 Å². The highest BCUT2D eigenvalue weighted by Crippen LogP contribution is 1.77. The van der Waals surface area contributed by atoms with E-state index in [-0.39, 0.29) is 5.96 Å². The molecule has 0 atom stereocenters. The molecule has 10 N–H and O–H groups in total. The number of nitrogens with zero attached hydrogens (tertiary/aromatic N) is 1. The maximum atomic E-state index is 5.16. The lowest BCUT2D eigenvalue weighted by atomic mass is 10.3. The van der Waals surface area contributed by atoms with E-state index in [2.05, 4.69) is 10.9 Å². The van der Waals surface area contributed by atoms with Gasteiger partial charge in [0, 0.05) is 0 Å². The van der Waals surface area contributed by atoms with Crippen molar-refractivity contribution in [2.75, 3.05) is 13.1 Å². The quantitative estimate of drug-likeness (QED) is 0.105. The zero-order valence-corrected chi connectivity index (χ0v) is 6.66. The van der Waals surface area contributed by atoms with Gasteiger partial charge in [0.2, 0.25) is 5.96 Å². The second-order valence-electron chi connectivity index (χ2n) is 1.84. The predicted octanol–water partition coefficient (Wildman–Crippen LogP) is -2.18. The normalized spacial score (nSPS) is 7.82. The molecule has 11 heavy (non-hydrogen) atoms. The smallest absolute Gasteiger partial charge is 0.208 e. The van der Waals surface area contributed by atoms with Crippen LogP contribution in [0.4, 0.5) is 0 Å². The fraction of sp³-hybridized carbons (Fsp3) is 0.800. The largest absolute Gasteiger partial charge is 0.369 e. The fourth-order valence-corrected chi connectivity index (χ4v) is 0.289. The molecule has 6 heteroatoms. The van der Waals surface area contributed by atoms with Gasteiger partial charge in [-0.15, -0.1) is 5.10 Å². The Bertz CT molecular complexity index is 83.0. The summed E-state index contributed by atoms with van der Waals surface area (Å²) in [5.41, 5.74) is 19.7. The first kappa shape index (κ1) is 12.6. The van der Waals surface area contributed by atoms with Crippen molar-refractivity contribution in [3.63, 3.8) is 0 Å². The second kappa shape index (κ2) is 11.7. The van der Waals surface area contributed by atoms with Crippen molar-refractivity contribution < 1.29 is 0 Å². The average molecular weight is 162 g/mol. The van der Waals surface area contributed by atoms with Gasteiger partial charge in [0.15, 0.2) is 0 Å². The van der Waals surface area contributed by atoms with Crippen LogP contribution in [0.1, 0.15) is 12.8 Å². The summed E-state index contributed by atoms with van der Waals surface area (Å²) in [6, 6.07) is 0. The zero-order chi connectivity index (χ0) is 9.11. The maximum absolute atomic E-state index is 5.16. The molecule has 68 valence electrons. The molecule has 0 aromatic heterocycles. The molecule has 0 aliphatic carbocycles. The zero-order valence-electron chi connectivity index (χ0n) is 6.66. The van der Waals surface area contributed by atoms with E-state index in [0.717, 1.165) is 25.9 Å². The highest BCUT2D eigenvalue weighted by molar-refractivity contribution is 5.75. The van der Waals surface area contributed by atoms with Crippen molar-refractivity contribution in [2.24, 2.45) is 33.9 Å². The minimum Gasteiger partial charge on any atom is -0.369 e. The SMILES string of the molecule is NCCCCN.NN=C(N)N. The van der Waals surface area contributed by atoms with Gasteiger partial charge in [-0.1, -0.05) is 0 Å². The third-order valence-electron chi connectivity index (χ3n) is 0.807. The summed E-state index contributed by atoms with van der Waals surface area (Å²) >= 11 is 0. The van der Waals surface area contributed by atoms with Gasteiger partial charge >= 0.3 is 0 Å². The topological polar surface area (TPSA) is 142 Å². The van der Waals surface area contributed by atoms with Crippen LogP contribution in [0, 0.1) is 0 Å². The Hall–Kier alpha value is -1.01. The number of hydrogen-bond donors (Lipinski definition) is 5. The van der Waals surface area contributed by atoms with Crippen molar-refractivity contribution in [3.05, 3.63) is 0 Å². The first-order valence-electron chi connectivity index (χ1n) is 3.38. The van der Waals surface area contributed by atoms with Crippen LogP contribution in [0.25, 0.3) is 0 Å². The van der Waals surface area contributed by atoms with E-state index in [0.29, 0.717) is 0 Å². The summed E-state index contributed by atoms with van der Waals surface area (Å²) in [5.74, 6) is 4.42. The third-order valence-corrected chi connectivity index (χ3v) is 0.807. The Balaban J connectivity index is 0. The molecule has 0 saturated carbocycles. The molecule has 0 aromatic rings. The van der Waals surface area contributed by atoms with Crippen molar-refractivity contribution in [3.8, 4) is 0 Å². The summed E-state index contributed by atoms with van der Waals surface area (Å²) in [5, 5.41) is 2.86. The Labute approximate surface area is 66.8 Å². The summed E-state index contributed by atoms with van der Waals surface area (Å²) in [6.45, 7) is 1.55. The monoisotopic (exact) mass is 162 g/mol. The fourth-order valence-electron chi connectivity index (χ4n) is 0.289. The molecule has 0 aromatic carbocycles. The molecule has 0 rings (SSSR count). The first-order valence-corrected chi connectivity index (χ1v) is 3.38. The van der Waals surface area contributed by atoms with Gasteiger partial charge in [-0.2, -0.15) is 0 Å². The van der Waals surface area contributed by atoms with Gasteiger partial charge in [0.05, 0.1) is 0 Å². The standard InChI is InChI=1S/C4H12N2.CH6N4/c5-3-1-2-4-6;2-1(3)5-4/h1-6H2;4H2,(H4,2,3,5). The van der Waals surface area contributed by atoms with Crippen LogP contribution in [0.5, 0.6) is 0 Å². The summed E-state index contributed by atoms with van der Waals surface area (Å²) in [7, 11) is 0. The molecular weight excluding hydrogens is 144 g/mol. The van der Waals surface area contributed by atoms with Crippen molar-refractivity contribution in [1.29, 1.82) is 0 Å². The molecule has 0 amide bonds. The van der Waals surface area contributed by atoms with E-state index in [4.69, 9.17) is 22.9 Å². The Morgan fingerprint density at radius 3 is 1.36 bits per heavy atom. The van der Waals surface area contributed by atoms with E-state index in [1.54, 1.807) is 0 Å². The summed E-state index contributed by atoms with van der Waals surface area (Å²) < 4.78 is 0. The van der Waals surface area contributed by atoms with Crippen LogP contribution in [0.3, 0.4) is 0 Å². The molecule has 0 bridgehead atoms. The molecule has 0 heterocycles. The van der Waals surface area contributed by atoms with Crippen LogP contribution in [-0.4, -0.2) is 19.0 Å². The van der Waals surface area contributed by atoms with Crippen LogP contribution in [-0.2, 0) is 0 Å². The van der Waals surface area contributed by atoms with Crippen molar-refractivity contribution in [1.82, 2.24) is 0 Å². The van der Waals surface area contributed by atoms with E-state index in [9.17, 15) is 0 Å². The molecule has 0 saturated heterocycles. The molecule has 0 fully saturated rings. The van der Waals surface area contributed by atoms with Crippen LogP contribution < -0.4 is 28.8 Å². The number of guanidine groups is 1. The molecule has 0 radical (unpaired) electrons. The second-order valence-corrected chi connectivity index (χ2v) is 1.84. The molecule has 0 unspecified atom stereocenters. The Morgan fingerprint density at radius 2 is 1.27 bits per heavy atom. The van der Waals surface area contributed by atoms with Gasteiger partial charge in [-0.3, -0.25) is 0 Å². The third kappa shape index (κ3) is 27.6.